The highest BCUT2D eigenvalue weighted by Crippen LogP contribution is 2.39. The van der Waals surface area contributed by atoms with Gasteiger partial charge in [-0.15, -0.1) is 0 Å². The Morgan fingerprint density at radius 2 is 1.94 bits per heavy atom. The summed E-state index contributed by atoms with van der Waals surface area (Å²) in [4.78, 5) is 11.2. The average molecular weight is 268 g/mol. The molecule has 1 saturated heterocycles. The van der Waals surface area contributed by atoms with E-state index in [1.54, 1.807) is 0 Å². The Bertz CT molecular complexity index is 430. The molecule has 2 aliphatic rings. The highest BCUT2D eigenvalue weighted by atomic mass is 35.5. The first-order chi connectivity index (χ1) is 8.74. The average Bonchev–Trinajstić information content (AvgIpc) is 3.22. The molecule has 0 spiro atoms. The molecule has 2 fully saturated rings. The number of ether oxygens (including phenoxy) is 1. The zero-order valence-corrected chi connectivity index (χ0v) is 11.4. The second-order valence-electron chi connectivity index (χ2n) is 5.14. The van der Waals surface area contributed by atoms with Gasteiger partial charge in [-0.2, -0.15) is 0 Å². The zero-order chi connectivity index (χ0) is 12.5. The van der Waals surface area contributed by atoms with Crippen molar-refractivity contribution in [1.29, 1.82) is 0 Å². The molecule has 98 valence electrons. The van der Waals surface area contributed by atoms with Crippen LogP contribution in [0.5, 0.6) is 0 Å². The normalized spacial score (nSPS) is 21.0. The van der Waals surface area contributed by atoms with Crippen molar-refractivity contribution >= 4 is 17.4 Å². The Hall–Kier alpha value is -0.870. The maximum atomic E-state index is 6.10. The van der Waals surface area contributed by atoms with Gasteiger partial charge in [0.05, 0.1) is 0 Å². The van der Waals surface area contributed by atoms with Crippen LogP contribution in [0.3, 0.4) is 0 Å². The first kappa shape index (κ1) is 12.2. The van der Waals surface area contributed by atoms with E-state index in [0.29, 0.717) is 17.1 Å². The van der Waals surface area contributed by atoms with Crippen LogP contribution >= 0.6 is 11.6 Å². The molecular weight excluding hydrogens is 250 g/mol. The van der Waals surface area contributed by atoms with E-state index in [9.17, 15) is 0 Å². The van der Waals surface area contributed by atoms with Gasteiger partial charge in [-0.25, -0.2) is 9.97 Å². The summed E-state index contributed by atoms with van der Waals surface area (Å²) in [7, 11) is 2.09. The minimum absolute atomic E-state index is 0.497. The molecule has 4 nitrogen and oxygen atoms in total. The van der Waals surface area contributed by atoms with Crippen LogP contribution in [0, 0.1) is 0 Å². The van der Waals surface area contributed by atoms with E-state index in [0.717, 1.165) is 37.7 Å². The molecule has 0 aromatic carbocycles. The molecule has 1 saturated carbocycles. The van der Waals surface area contributed by atoms with Crippen LogP contribution < -0.4 is 4.90 Å². The van der Waals surface area contributed by atoms with Gasteiger partial charge in [-0.1, -0.05) is 11.6 Å². The third-order valence-corrected chi connectivity index (χ3v) is 3.93. The van der Waals surface area contributed by atoms with E-state index in [1.165, 1.54) is 12.8 Å². The van der Waals surface area contributed by atoms with Gasteiger partial charge in [0.15, 0.2) is 0 Å². The third kappa shape index (κ3) is 2.59. The lowest BCUT2D eigenvalue weighted by atomic mass is 10.1. The predicted octanol–water partition coefficient (Wildman–Crippen LogP) is 2.62. The minimum Gasteiger partial charge on any atom is -0.381 e. The summed E-state index contributed by atoms with van der Waals surface area (Å²) in [5.74, 6) is 2.39. The van der Waals surface area contributed by atoms with Gasteiger partial charge in [0, 0.05) is 38.3 Å². The van der Waals surface area contributed by atoms with Gasteiger partial charge in [-0.3, -0.25) is 0 Å². The second kappa shape index (κ2) is 5.02. The van der Waals surface area contributed by atoms with Crippen molar-refractivity contribution in [3.63, 3.8) is 0 Å². The SMILES string of the molecule is CN(c1cc(Cl)nc(C2CC2)n1)C1CCOCC1. The zero-order valence-electron chi connectivity index (χ0n) is 10.6. The van der Waals surface area contributed by atoms with Gasteiger partial charge in [0.2, 0.25) is 0 Å². The quantitative estimate of drug-likeness (QED) is 0.789. The third-order valence-electron chi connectivity index (χ3n) is 3.74. The Morgan fingerprint density at radius 1 is 1.22 bits per heavy atom. The standard InChI is InChI=1S/C13H18ClN3O/c1-17(10-4-6-18-7-5-10)12-8-11(14)15-13(16-12)9-2-3-9/h8-10H,2-7H2,1H3. The van der Waals surface area contributed by atoms with Crippen LogP contribution in [0.2, 0.25) is 5.15 Å². The number of rotatable bonds is 3. The summed E-state index contributed by atoms with van der Waals surface area (Å²) in [6.07, 6.45) is 4.50. The Labute approximate surface area is 112 Å². The summed E-state index contributed by atoms with van der Waals surface area (Å²) in [6.45, 7) is 1.67. The summed E-state index contributed by atoms with van der Waals surface area (Å²) >= 11 is 6.10. The van der Waals surface area contributed by atoms with E-state index < -0.39 is 0 Å². The van der Waals surface area contributed by atoms with Crippen molar-refractivity contribution in [2.75, 3.05) is 25.2 Å². The molecule has 1 aromatic rings. The molecule has 0 amide bonds. The Kier molecular flexibility index (Phi) is 3.39. The van der Waals surface area contributed by atoms with Gasteiger partial charge in [0.1, 0.15) is 16.8 Å². The van der Waals surface area contributed by atoms with Crippen molar-refractivity contribution in [2.45, 2.75) is 37.6 Å². The van der Waals surface area contributed by atoms with Gasteiger partial charge >= 0.3 is 0 Å². The fourth-order valence-corrected chi connectivity index (χ4v) is 2.57. The lowest BCUT2D eigenvalue weighted by molar-refractivity contribution is 0.0853. The fraction of sp³-hybridized carbons (Fsp3) is 0.692. The second-order valence-corrected chi connectivity index (χ2v) is 5.52. The molecule has 0 N–H and O–H groups in total. The van der Waals surface area contributed by atoms with Crippen LogP contribution in [0.1, 0.15) is 37.4 Å². The first-order valence-corrected chi connectivity index (χ1v) is 6.97. The van der Waals surface area contributed by atoms with Gasteiger partial charge in [-0.05, 0) is 25.7 Å². The van der Waals surface area contributed by atoms with E-state index in [1.807, 2.05) is 6.07 Å². The Morgan fingerprint density at radius 3 is 2.61 bits per heavy atom. The van der Waals surface area contributed by atoms with Crippen LogP contribution in [0.4, 0.5) is 5.82 Å². The van der Waals surface area contributed by atoms with Gasteiger partial charge < -0.3 is 9.64 Å². The molecule has 0 unspecified atom stereocenters. The summed E-state index contributed by atoms with van der Waals surface area (Å²) in [6, 6.07) is 2.36. The molecule has 1 aromatic heterocycles. The molecule has 0 bridgehead atoms. The highest BCUT2D eigenvalue weighted by molar-refractivity contribution is 6.29. The van der Waals surface area contributed by atoms with E-state index in [2.05, 4.69) is 21.9 Å². The van der Waals surface area contributed by atoms with Crippen molar-refractivity contribution in [2.24, 2.45) is 0 Å². The molecule has 3 rings (SSSR count). The van der Waals surface area contributed by atoms with E-state index >= 15 is 0 Å². The molecule has 2 heterocycles. The maximum Gasteiger partial charge on any atom is 0.135 e. The fourth-order valence-electron chi connectivity index (χ4n) is 2.39. The number of hydrogen-bond donors (Lipinski definition) is 0. The number of anilines is 1. The van der Waals surface area contributed by atoms with Gasteiger partial charge in [0.25, 0.3) is 0 Å². The molecule has 0 radical (unpaired) electrons. The number of halogens is 1. The van der Waals surface area contributed by atoms with Crippen LogP contribution in [-0.2, 0) is 4.74 Å². The van der Waals surface area contributed by atoms with Crippen molar-refractivity contribution in [1.82, 2.24) is 9.97 Å². The van der Waals surface area contributed by atoms with Crippen LogP contribution in [-0.4, -0.2) is 36.3 Å². The summed E-state index contributed by atoms with van der Waals surface area (Å²) in [5, 5.41) is 0.556. The topological polar surface area (TPSA) is 38.2 Å². The van der Waals surface area contributed by atoms with Crippen molar-refractivity contribution in [3.8, 4) is 0 Å². The van der Waals surface area contributed by atoms with E-state index in [4.69, 9.17) is 16.3 Å². The van der Waals surface area contributed by atoms with Crippen molar-refractivity contribution in [3.05, 3.63) is 17.0 Å². The minimum atomic E-state index is 0.497. The van der Waals surface area contributed by atoms with Crippen molar-refractivity contribution < 1.29 is 4.74 Å². The molecule has 18 heavy (non-hydrogen) atoms. The largest absolute Gasteiger partial charge is 0.381 e. The number of nitrogens with zero attached hydrogens (tertiary/aromatic N) is 3. The maximum absolute atomic E-state index is 6.10. The Balaban J connectivity index is 1.81. The predicted molar refractivity (Wildman–Crippen MR) is 71.3 cm³/mol. The first-order valence-electron chi connectivity index (χ1n) is 6.59. The monoisotopic (exact) mass is 267 g/mol. The smallest absolute Gasteiger partial charge is 0.135 e. The summed E-state index contributed by atoms with van der Waals surface area (Å²) in [5.41, 5.74) is 0. The van der Waals surface area contributed by atoms with E-state index in [-0.39, 0.29) is 0 Å². The highest BCUT2D eigenvalue weighted by Gasteiger charge is 2.28. The molecule has 1 aliphatic heterocycles. The molecule has 5 heteroatoms. The number of hydrogen-bond acceptors (Lipinski definition) is 4. The lowest BCUT2D eigenvalue weighted by Crippen LogP contribution is -2.37. The molecule has 1 aliphatic carbocycles. The number of aromatic nitrogens is 2. The molecule has 0 atom stereocenters. The summed E-state index contributed by atoms with van der Waals surface area (Å²) < 4.78 is 5.40. The lowest BCUT2D eigenvalue weighted by Gasteiger charge is -2.32. The van der Waals surface area contributed by atoms with Crippen LogP contribution in [0.15, 0.2) is 6.07 Å². The molecular formula is C13H18ClN3O. The van der Waals surface area contributed by atoms with Crippen LogP contribution in [0.25, 0.3) is 0 Å².